The molecular formula is C16H25NO2. The van der Waals surface area contributed by atoms with Crippen molar-refractivity contribution in [3.63, 3.8) is 0 Å². The summed E-state index contributed by atoms with van der Waals surface area (Å²) in [5, 5.41) is 12.4. The van der Waals surface area contributed by atoms with Crippen LogP contribution in [0.5, 0.6) is 0 Å². The average Bonchev–Trinajstić information content (AvgIpc) is 2.38. The van der Waals surface area contributed by atoms with Gasteiger partial charge in [0, 0.05) is 12.2 Å². The molecule has 0 aliphatic heterocycles. The first kappa shape index (κ1) is 15.5. The van der Waals surface area contributed by atoms with Crippen LogP contribution in [0.3, 0.4) is 0 Å². The second kappa shape index (κ2) is 7.82. The summed E-state index contributed by atoms with van der Waals surface area (Å²) in [5.74, 6) is -0.169. The van der Waals surface area contributed by atoms with E-state index in [1.807, 2.05) is 19.1 Å². The van der Waals surface area contributed by atoms with Gasteiger partial charge in [-0.15, -0.1) is 0 Å². The molecule has 0 saturated carbocycles. The van der Waals surface area contributed by atoms with E-state index in [2.05, 4.69) is 19.2 Å². The van der Waals surface area contributed by atoms with E-state index < -0.39 is 5.97 Å². The molecule has 0 aliphatic carbocycles. The number of anilines is 1. The van der Waals surface area contributed by atoms with E-state index in [0.29, 0.717) is 11.5 Å². The Morgan fingerprint density at radius 1 is 1.37 bits per heavy atom. The van der Waals surface area contributed by atoms with Crippen molar-refractivity contribution in [3.8, 4) is 0 Å². The fourth-order valence-electron chi connectivity index (χ4n) is 2.22. The molecule has 2 N–H and O–H groups in total. The van der Waals surface area contributed by atoms with E-state index in [1.165, 1.54) is 25.7 Å². The largest absolute Gasteiger partial charge is 0.478 e. The zero-order valence-electron chi connectivity index (χ0n) is 12.2. The third kappa shape index (κ3) is 4.93. The lowest BCUT2D eigenvalue weighted by atomic mass is 9.99. The Bertz CT molecular complexity index is 415. The highest BCUT2D eigenvalue weighted by Crippen LogP contribution is 2.18. The van der Waals surface area contributed by atoms with Gasteiger partial charge in [-0.1, -0.05) is 33.1 Å². The van der Waals surface area contributed by atoms with Gasteiger partial charge >= 0.3 is 5.97 Å². The molecule has 0 bridgehead atoms. The normalized spacial score (nSPS) is 12.2. The maximum Gasteiger partial charge on any atom is 0.335 e. The minimum Gasteiger partial charge on any atom is -0.478 e. The second-order valence-corrected chi connectivity index (χ2v) is 5.13. The molecule has 3 heteroatoms. The summed E-state index contributed by atoms with van der Waals surface area (Å²) < 4.78 is 0. The van der Waals surface area contributed by atoms with Crippen molar-refractivity contribution >= 4 is 11.7 Å². The highest BCUT2D eigenvalue weighted by atomic mass is 16.4. The summed E-state index contributed by atoms with van der Waals surface area (Å²) in [4.78, 5) is 10.9. The summed E-state index contributed by atoms with van der Waals surface area (Å²) >= 11 is 0. The zero-order valence-corrected chi connectivity index (χ0v) is 12.2. The first-order valence-corrected chi connectivity index (χ1v) is 7.16. The first-order valence-electron chi connectivity index (χ1n) is 7.16. The molecule has 0 heterocycles. The van der Waals surface area contributed by atoms with Crippen LogP contribution in [0.4, 0.5) is 5.69 Å². The number of aromatic carboxylic acids is 1. The first-order chi connectivity index (χ1) is 9.08. The van der Waals surface area contributed by atoms with E-state index in [-0.39, 0.29) is 0 Å². The topological polar surface area (TPSA) is 49.3 Å². The Balaban J connectivity index is 2.57. The molecule has 0 spiro atoms. The molecule has 1 aromatic rings. The number of rotatable bonds is 8. The lowest BCUT2D eigenvalue weighted by molar-refractivity contribution is 0.0696. The highest BCUT2D eigenvalue weighted by molar-refractivity contribution is 5.89. The number of benzene rings is 1. The third-order valence-corrected chi connectivity index (χ3v) is 3.59. The molecule has 3 nitrogen and oxygen atoms in total. The van der Waals surface area contributed by atoms with Gasteiger partial charge in [-0.25, -0.2) is 4.79 Å². The van der Waals surface area contributed by atoms with Gasteiger partial charge in [-0.2, -0.15) is 0 Å². The molecule has 106 valence electrons. The van der Waals surface area contributed by atoms with Crippen LogP contribution in [-0.4, -0.2) is 17.6 Å². The number of carboxylic acid groups (broad SMARTS) is 1. The van der Waals surface area contributed by atoms with E-state index in [9.17, 15) is 4.79 Å². The average molecular weight is 263 g/mol. The monoisotopic (exact) mass is 263 g/mol. The molecule has 19 heavy (non-hydrogen) atoms. The van der Waals surface area contributed by atoms with Gasteiger partial charge in [0.25, 0.3) is 0 Å². The highest BCUT2D eigenvalue weighted by Gasteiger charge is 2.08. The fraction of sp³-hybridized carbons (Fsp3) is 0.562. The number of hydrogen-bond acceptors (Lipinski definition) is 2. The number of hydrogen-bond donors (Lipinski definition) is 2. The van der Waals surface area contributed by atoms with Crippen LogP contribution in [0.1, 0.15) is 55.5 Å². The van der Waals surface area contributed by atoms with Crippen LogP contribution in [0.15, 0.2) is 18.2 Å². The zero-order chi connectivity index (χ0) is 14.3. The van der Waals surface area contributed by atoms with Crippen LogP contribution >= 0.6 is 0 Å². The summed E-state index contributed by atoms with van der Waals surface area (Å²) in [7, 11) is 0. The van der Waals surface area contributed by atoms with Gasteiger partial charge in [0.15, 0.2) is 0 Å². The van der Waals surface area contributed by atoms with Crippen molar-refractivity contribution in [2.75, 3.05) is 11.9 Å². The Morgan fingerprint density at radius 2 is 2.11 bits per heavy atom. The Labute approximate surface area is 116 Å². The van der Waals surface area contributed by atoms with Crippen molar-refractivity contribution in [2.45, 2.75) is 46.5 Å². The molecule has 0 aromatic heterocycles. The molecule has 1 unspecified atom stereocenters. The third-order valence-electron chi connectivity index (χ3n) is 3.59. The number of aryl methyl sites for hydroxylation is 1. The minimum absolute atomic E-state index is 0.378. The van der Waals surface area contributed by atoms with Gasteiger partial charge in [0.2, 0.25) is 0 Å². The van der Waals surface area contributed by atoms with E-state index in [0.717, 1.165) is 17.8 Å². The standard InChI is InChI=1S/C16H25NO2/c1-4-6-7-13(5-2)11-17-14-8-9-15(16(18)19)12(3)10-14/h8-10,13,17H,4-7,11H2,1-3H3,(H,18,19). The van der Waals surface area contributed by atoms with Crippen LogP contribution in [0, 0.1) is 12.8 Å². The van der Waals surface area contributed by atoms with Crippen molar-refractivity contribution < 1.29 is 9.90 Å². The van der Waals surface area contributed by atoms with Gasteiger partial charge in [0.1, 0.15) is 0 Å². The molecule has 0 amide bonds. The number of nitrogens with one attached hydrogen (secondary N) is 1. The van der Waals surface area contributed by atoms with Crippen LogP contribution in [0.25, 0.3) is 0 Å². The molecule has 0 fully saturated rings. The summed E-state index contributed by atoms with van der Waals surface area (Å²) in [6, 6.07) is 5.44. The van der Waals surface area contributed by atoms with Gasteiger partial charge in [-0.05, 0) is 43.0 Å². The molecule has 1 aromatic carbocycles. The summed E-state index contributed by atoms with van der Waals surface area (Å²) in [6.07, 6.45) is 4.95. The lowest BCUT2D eigenvalue weighted by Gasteiger charge is -2.16. The number of unbranched alkanes of at least 4 members (excludes halogenated alkanes) is 1. The van der Waals surface area contributed by atoms with Crippen molar-refractivity contribution in [1.29, 1.82) is 0 Å². The van der Waals surface area contributed by atoms with E-state index in [4.69, 9.17) is 5.11 Å². The van der Waals surface area contributed by atoms with E-state index in [1.54, 1.807) is 6.07 Å². The fourth-order valence-corrected chi connectivity index (χ4v) is 2.22. The summed E-state index contributed by atoms with van der Waals surface area (Å²) in [5.41, 5.74) is 2.19. The predicted molar refractivity (Wildman–Crippen MR) is 79.9 cm³/mol. The number of carbonyl (C=O) groups is 1. The SMILES string of the molecule is CCCCC(CC)CNc1ccc(C(=O)O)c(C)c1. The second-order valence-electron chi connectivity index (χ2n) is 5.13. The molecular weight excluding hydrogens is 238 g/mol. The maximum absolute atomic E-state index is 10.9. The van der Waals surface area contributed by atoms with Gasteiger partial charge in [0.05, 0.1) is 5.56 Å². The smallest absolute Gasteiger partial charge is 0.335 e. The Hall–Kier alpha value is -1.51. The maximum atomic E-state index is 10.9. The van der Waals surface area contributed by atoms with Crippen molar-refractivity contribution in [3.05, 3.63) is 29.3 Å². The van der Waals surface area contributed by atoms with Crippen molar-refractivity contribution in [1.82, 2.24) is 0 Å². The van der Waals surface area contributed by atoms with Crippen LogP contribution in [0.2, 0.25) is 0 Å². The quantitative estimate of drug-likeness (QED) is 0.734. The van der Waals surface area contributed by atoms with Crippen LogP contribution in [-0.2, 0) is 0 Å². The molecule has 1 atom stereocenters. The summed E-state index contributed by atoms with van der Waals surface area (Å²) in [6.45, 7) is 7.24. The molecule has 0 radical (unpaired) electrons. The minimum atomic E-state index is -0.863. The molecule has 0 saturated heterocycles. The van der Waals surface area contributed by atoms with Crippen LogP contribution < -0.4 is 5.32 Å². The van der Waals surface area contributed by atoms with Gasteiger partial charge < -0.3 is 10.4 Å². The molecule has 1 rings (SSSR count). The Morgan fingerprint density at radius 3 is 2.63 bits per heavy atom. The van der Waals surface area contributed by atoms with Crippen molar-refractivity contribution in [2.24, 2.45) is 5.92 Å². The predicted octanol–water partition coefficient (Wildman–Crippen LogP) is 4.32. The lowest BCUT2D eigenvalue weighted by Crippen LogP contribution is -2.14. The number of carboxylic acids is 1. The van der Waals surface area contributed by atoms with Gasteiger partial charge in [-0.3, -0.25) is 0 Å². The molecule has 0 aliphatic rings. The Kier molecular flexibility index (Phi) is 6.40. The van der Waals surface area contributed by atoms with E-state index >= 15 is 0 Å².